The van der Waals surface area contributed by atoms with Crippen molar-refractivity contribution in [1.29, 1.82) is 0 Å². The summed E-state index contributed by atoms with van der Waals surface area (Å²) in [6, 6.07) is 18.7. The highest BCUT2D eigenvalue weighted by atomic mass is 16.6. The number of nitrogens with one attached hydrogen (secondary N) is 1. The van der Waals surface area contributed by atoms with E-state index in [4.69, 9.17) is 9.15 Å². The van der Waals surface area contributed by atoms with Crippen LogP contribution in [0.4, 0.5) is 5.69 Å². The largest absolute Gasteiger partial charge is 0.423 e. The van der Waals surface area contributed by atoms with E-state index in [9.17, 15) is 24.5 Å². The van der Waals surface area contributed by atoms with Crippen LogP contribution in [-0.4, -0.2) is 16.8 Å². The lowest BCUT2D eigenvalue weighted by molar-refractivity contribution is -0.385. The first kappa shape index (κ1) is 23.4. The van der Waals surface area contributed by atoms with Crippen LogP contribution in [0.2, 0.25) is 0 Å². The number of esters is 1. The summed E-state index contributed by atoms with van der Waals surface area (Å²) in [5, 5.41) is 14.2. The van der Waals surface area contributed by atoms with Gasteiger partial charge in [-0.15, -0.1) is 0 Å². The highest BCUT2D eigenvalue weighted by Crippen LogP contribution is 2.24. The molecule has 1 N–H and O–H groups in total. The Balaban J connectivity index is 1.53. The van der Waals surface area contributed by atoms with E-state index in [1.807, 2.05) is 37.3 Å². The number of nitro groups is 1. The van der Waals surface area contributed by atoms with Gasteiger partial charge in [-0.05, 0) is 49.7 Å². The number of ether oxygens (including phenoxy) is 1. The molecule has 0 radical (unpaired) electrons. The number of rotatable bonds is 6. The van der Waals surface area contributed by atoms with Crippen molar-refractivity contribution in [2.75, 3.05) is 0 Å². The zero-order valence-electron chi connectivity index (χ0n) is 18.8. The summed E-state index contributed by atoms with van der Waals surface area (Å²) in [5.74, 6) is -1.19. The SMILES string of the molecule is Cc1cc(C(=O)Oc2ccc3cc(C(=O)NC(C)c4ccccc4)c(=O)oc3c2)ccc1[N+](=O)[O-]. The van der Waals surface area contributed by atoms with E-state index in [1.54, 1.807) is 6.07 Å². The molecule has 176 valence electrons. The Morgan fingerprint density at radius 3 is 2.46 bits per heavy atom. The highest BCUT2D eigenvalue weighted by molar-refractivity contribution is 5.97. The predicted molar refractivity (Wildman–Crippen MR) is 128 cm³/mol. The van der Waals surface area contributed by atoms with E-state index < -0.39 is 22.4 Å². The van der Waals surface area contributed by atoms with E-state index in [0.717, 1.165) is 5.56 Å². The molecule has 1 amide bonds. The first-order valence-electron chi connectivity index (χ1n) is 10.6. The van der Waals surface area contributed by atoms with Gasteiger partial charge in [-0.1, -0.05) is 30.3 Å². The second-order valence-electron chi connectivity index (χ2n) is 7.90. The molecule has 35 heavy (non-hydrogen) atoms. The van der Waals surface area contributed by atoms with Gasteiger partial charge in [0.15, 0.2) is 0 Å². The molecule has 9 heteroatoms. The molecule has 0 spiro atoms. The van der Waals surface area contributed by atoms with E-state index in [1.165, 1.54) is 43.3 Å². The van der Waals surface area contributed by atoms with Crippen molar-refractivity contribution in [2.45, 2.75) is 19.9 Å². The van der Waals surface area contributed by atoms with Gasteiger partial charge in [-0.2, -0.15) is 0 Å². The van der Waals surface area contributed by atoms with Crippen molar-refractivity contribution in [3.05, 3.63) is 116 Å². The second-order valence-corrected chi connectivity index (χ2v) is 7.90. The highest BCUT2D eigenvalue weighted by Gasteiger charge is 2.18. The van der Waals surface area contributed by atoms with E-state index in [2.05, 4.69) is 5.32 Å². The molecule has 1 atom stereocenters. The molecule has 3 aromatic carbocycles. The maximum absolute atomic E-state index is 12.7. The molecule has 1 aromatic heterocycles. The van der Waals surface area contributed by atoms with Crippen molar-refractivity contribution in [3.8, 4) is 5.75 Å². The van der Waals surface area contributed by atoms with Crippen molar-refractivity contribution >= 4 is 28.5 Å². The van der Waals surface area contributed by atoms with Gasteiger partial charge in [-0.25, -0.2) is 9.59 Å². The number of hydrogen-bond acceptors (Lipinski definition) is 7. The van der Waals surface area contributed by atoms with Crippen molar-refractivity contribution in [1.82, 2.24) is 5.32 Å². The Hall–Kier alpha value is -4.79. The van der Waals surface area contributed by atoms with Crippen molar-refractivity contribution in [3.63, 3.8) is 0 Å². The molecule has 1 heterocycles. The minimum atomic E-state index is -0.829. The molecule has 0 saturated heterocycles. The van der Waals surface area contributed by atoms with Crippen LogP contribution >= 0.6 is 0 Å². The number of carbonyl (C=O) groups excluding carboxylic acids is 2. The average Bonchev–Trinajstić information content (AvgIpc) is 2.83. The maximum Gasteiger partial charge on any atom is 0.349 e. The fourth-order valence-corrected chi connectivity index (χ4v) is 3.57. The minimum absolute atomic E-state index is 0.105. The topological polar surface area (TPSA) is 129 Å². The third-order valence-corrected chi connectivity index (χ3v) is 5.44. The van der Waals surface area contributed by atoms with Crippen LogP contribution in [-0.2, 0) is 0 Å². The Morgan fingerprint density at radius 1 is 1.03 bits per heavy atom. The lowest BCUT2D eigenvalue weighted by Gasteiger charge is -2.14. The third kappa shape index (κ3) is 5.09. The number of nitrogens with zero attached hydrogens (tertiary/aromatic N) is 1. The zero-order valence-corrected chi connectivity index (χ0v) is 18.8. The normalized spacial score (nSPS) is 11.6. The smallest absolute Gasteiger partial charge is 0.349 e. The molecular weight excluding hydrogens is 452 g/mol. The molecule has 0 bridgehead atoms. The number of benzene rings is 3. The second kappa shape index (κ2) is 9.60. The van der Waals surface area contributed by atoms with Gasteiger partial charge in [0.1, 0.15) is 16.9 Å². The first-order valence-corrected chi connectivity index (χ1v) is 10.6. The fourth-order valence-electron chi connectivity index (χ4n) is 3.57. The molecule has 0 fully saturated rings. The third-order valence-electron chi connectivity index (χ3n) is 5.44. The summed E-state index contributed by atoms with van der Waals surface area (Å²) >= 11 is 0. The molecule has 4 aromatic rings. The maximum atomic E-state index is 12.7. The van der Waals surface area contributed by atoms with Crippen LogP contribution in [0.5, 0.6) is 5.75 Å². The Kier molecular flexibility index (Phi) is 6.41. The van der Waals surface area contributed by atoms with Crippen LogP contribution in [0.25, 0.3) is 11.0 Å². The fraction of sp³-hybridized carbons (Fsp3) is 0.115. The van der Waals surface area contributed by atoms with Gasteiger partial charge < -0.3 is 14.5 Å². The quantitative estimate of drug-likeness (QED) is 0.141. The van der Waals surface area contributed by atoms with Crippen LogP contribution in [0.1, 0.15) is 44.8 Å². The molecular formula is C26H20N2O7. The van der Waals surface area contributed by atoms with Crippen LogP contribution in [0, 0.1) is 17.0 Å². The lowest BCUT2D eigenvalue weighted by atomic mass is 10.1. The van der Waals surface area contributed by atoms with Crippen LogP contribution < -0.4 is 15.7 Å². The standard InChI is InChI=1S/C26H20N2O7/c1-15-12-19(9-11-22(15)28(32)33)25(30)34-20-10-8-18-13-21(26(31)35-23(18)14-20)24(29)27-16(2)17-6-4-3-5-7-17/h3-14,16H,1-2H3,(H,27,29). The summed E-state index contributed by atoms with van der Waals surface area (Å²) in [7, 11) is 0. The minimum Gasteiger partial charge on any atom is -0.423 e. The van der Waals surface area contributed by atoms with E-state index in [0.29, 0.717) is 10.9 Å². The van der Waals surface area contributed by atoms with Crippen molar-refractivity contribution in [2.24, 2.45) is 0 Å². The summed E-state index contributed by atoms with van der Waals surface area (Å²) in [4.78, 5) is 48.1. The average molecular weight is 472 g/mol. The number of hydrogen-bond donors (Lipinski definition) is 1. The first-order chi connectivity index (χ1) is 16.7. The summed E-state index contributed by atoms with van der Waals surface area (Å²) in [6.07, 6.45) is 0. The molecule has 0 aliphatic heterocycles. The van der Waals surface area contributed by atoms with Gasteiger partial charge in [0.25, 0.3) is 11.6 Å². The lowest BCUT2D eigenvalue weighted by Crippen LogP contribution is -2.30. The molecule has 9 nitrogen and oxygen atoms in total. The van der Waals surface area contributed by atoms with Crippen molar-refractivity contribution < 1.29 is 23.7 Å². The Morgan fingerprint density at radius 2 is 1.77 bits per heavy atom. The number of nitro benzene ring substituents is 1. The summed E-state index contributed by atoms with van der Waals surface area (Å²) < 4.78 is 10.6. The molecule has 0 aliphatic carbocycles. The Bertz CT molecular complexity index is 1510. The number of amides is 1. The van der Waals surface area contributed by atoms with E-state index >= 15 is 0 Å². The van der Waals surface area contributed by atoms with Gasteiger partial charge in [-0.3, -0.25) is 14.9 Å². The van der Waals surface area contributed by atoms with Crippen LogP contribution in [0.15, 0.2) is 82.0 Å². The number of fused-ring (bicyclic) bond motifs is 1. The van der Waals surface area contributed by atoms with Gasteiger partial charge in [0.2, 0.25) is 0 Å². The summed E-state index contributed by atoms with van der Waals surface area (Å²) in [6.45, 7) is 3.33. The predicted octanol–water partition coefficient (Wildman–Crippen LogP) is 4.72. The summed E-state index contributed by atoms with van der Waals surface area (Å²) in [5.41, 5.74) is 0.396. The van der Waals surface area contributed by atoms with Gasteiger partial charge in [0.05, 0.1) is 16.5 Å². The Labute approximate surface area is 199 Å². The zero-order chi connectivity index (χ0) is 25.1. The monoisotopic (exact) mass is 472 g/mol. The number of aryl methyl sites for hydroxylation is 1. The van der Waals surface area contributed by atoms with Crippen LogP contribution in [0.3, 0.4) is 0 Å². The van der Waals surface area contributed by atoms with Gasteiger partial charge >= 0.3 is 11.6 Å². The van der Waals surface area contributed by atoms with E-state index in [-0.39, 0.29) is 34.2 Å². The number of carbonyl (C=O) groups is 2. The molecule has 4 rings (SSSR count). The molecule has 0 aliphatic rings. The van der Waals surface area contributed by atoms with Gasteiger partial charge in [0, 0.05) is 23.1 Å². The molecule has 0 saturated carbocycles. The molecule has 1 unspecified atom stereocenters.